The molecule has 1 aromatic carbocycles. The van der Waals surface area contributed by atoms with E-state index in [9.17, 15) is 9.59 Å². The maximum atomic E-state index is 11.7. The Hall–Kier alpha value is -2.28. The number of carbonyl (C=O) groups excluding carboxylic acids is 1. The lowest BCUT2D eigenvalue weighted by molar-refractivity contribution is -0.127. The maximum absolute atomic E-state index is 11.7. The number of rotatable bonds is 7. The van der Waals surface area contributed by atoms with Gasteiger partial charge in [0.25, 0.3) is 5.91 Å². The summed E-state index contributed by atoms with van der Waals surface area (Å²) < 4.78 is 10.2. The molecule has 7 nitrogen and oxygen atoms in total. The Kier molecular flexibility index (Phi) is 5.79. The van der Waals surface area contributed by atoms with E-state index in [4.69, 9.17) is 20.3 Å². The third-order valence-corrected chi connectivity index (χ3v) is 2.55. The molecule has 0 aliphatic carbocycles. The molecule has 1 amide bonds. The molecule has 0 bridgehead atoms. The van der Waals surface area contributed by atoms with E-state index in [1.165, 1.54) is 26.2 Å². The van der Waals surface area contributed by atoms with E-state index in [-0.39, 0.29) is 22.9 Å². The molecule has 4 N–H and O–H groups in total. The number of amides is 1. The van der Waals surface area contributed by atoms with E-state index in [1.807, 2.05) is 0 Å². The molecule has 0 spiro atoms. The second-order valence-corrected chi connectivity index (χ2v) is 4.07. The van der Waals surface area contributed by atoms with Gasteiger partial charge in [-0.05, 0) is 19.1 Å². The Morgan fingerprint density at radius 1 is 1.45 bits per heavy atom. The molecule has 0 aliphatic heterocycles. The van der Waals surface area contributed by atoms with E-state index in [2.05, 4.69) is 5.32 Å². The lowest BCUT2D eigenvalue weighted by atomic mass is 10.1. The lowest BCUT2D eigenvalue weighted by Gasteiger charge is -2.16. The van der Waals surface area contributed by atoms with Gasteiger partial charge in [0.05, 0.1) is 6.61 Å². The average Bonchev–Trinajstić information content (AvgIpc) is 2.38. The van der Waals surface area contributed by atoms with Gasteiger partial charge in [-0.3, -0.25) is 4.79 Å². The number of aromatic carboxylic acids is 1. The summed E-state index contributed by atoms with van der Waals surface area (Å²) in [5, 5.41) is 11.7. The summed E-state index contributed by atoms with van der Waals surface area (Å²) in [7, 11) is 1.53. The van der Waals surface area contributed by atoms with Gasteiger partial charge in [-0.2, -0.15) is 0 Å². The third kappa shape index (κ3) is 4.13. The van der Waals surface area contributed by atoms with Crippen LogP contribution in [0.1, 0.15) is 17.3 Å². The summed E-state index contributed by atoms with van der Waals surface area (Å²) in [4.78, 5) is 22.8. The first-order valence-corrected chi connectivity index (χ1v) is 6.02. The molecule has 0 aromatic heterocycles. The van der Waals surface area contributed by atoms with Crippen LogP contribution in [0.4, 0.5) is 5.69 Å². The minimum Gasteiger partial charge on any atom is -0.480 e. The number of carboxylic acids is 1. The van der Waals surface area contributed by atoms with Crippen LogP contribution in [0.2, 0.25) is 0 Å². The van der Waals surface area contributed by atoms with Gasteiger partial charge in [0.15, 0.2) is 6.10 Å². The van der Waals surface area contributed by atoms with E-state index >= 15 is 0 Å². The first-order valence-electron chi connectivity index (χ1n) is 6.02. The van der Waals surface area contributed by atoms with E-state index in [0.29, 0.717) is 13.2 Å². The second kappa shape index (κ2) is 7.34. The van der Waals surface area contributed by atoms with Crippen molar-refractivity contribution in [2.75, 3.05) is 26.0 Å². The van der Waals surface area contributed by atoms with Gasteiger partial charge in [0.2, 0.25) is 0 Å². The second-order valence-electron chi connectivity index (χ2n) is 4.07. The van der Waals surface area contributed by atoms with E-state index in [1.54, 1.807) is 6.07 Å². The Bertz CT molecular complexity index is 490. The molecule has 0 saturated carbocycles. The molecule has 0 fully saturated rings. The number of nitrogens with two attached hydrogens (primary N) is 1. The van der Waals surface area contributed by atoms with Crippen LogP contribution in [-0.4, -0.2) is 43.3 Å². The third-order valence-electron chi connectivity index (χ3n) is 2.55. The van der Waals surface area contributed by atoms with Gasteiger partial charge in [-0.1, -0.05) is 6.07 Å². The number of nitrogens with one attached hydrogen (secondary N) is 1. The molecule has 0 radical (unpaired) electrons. The first-order chi connectivity index (χ1) is 9.47. The van der Waals surface area contributed by atoms with Crippen LogP contribution in [-0.2, 0) is 9.53 Å². The number of anilines is 1. The molecular formula is C13H18N2O5. The van der Waals surface area contributed by atoms with Crippen molar-refractivity contribution in [3.05, 3.63) is 23.8 Å². The molecule has 1 aromatic rings. The fourth-order valence-electron chi connectivity index (χ4n) is 1.54. The predicted octanol–water partition coefficient (Wildman–Crippen LogP) is 0.497. The molecule has 0 saturated heterocycles. The van der Waals surface area contributed by atoms with Crippen molar-refractivity contribution in [3.8, 4) is 5.75 Å². The van der Waals surface area contributed by atoms with Gasteiger partial charge in [0, 0.05) is 19.3 Å². The Balaban J connectivity index is 2.75. The predicted molar refractivity (Wildman–Crippen MR) is 72.8 cm³/mol. The zero-order valence-corrected chi connectivity index (χ0v) is 11.4. The Morgan fingerprint density at radius 2 is 2.15 bits per heavy atom. The van der Waals surface area contributed by atoms with Crippen molar-refractivity contribution in [1.82, 2.24) is 5.32 Å². The average molecular weight is 282 g/mol. The van der Waals surface area contributed by atoms with Crippen molar-refractivity contribution in [2.24, 2.45) is 0 Å². The highest BCUT2D eigenvalue weighted by Crippen LogP contribution is 2.25. The van der Waals surface area contributed by atoms with Crippen molar-refractivity contribution in [1.29, 1.82) is 0 Å². The summed E-state index contributed by atoms with van der Waals surface area (Å²) in [6.45, 7) is 2.26. The van der Waals surface area contributed by atoms with Crippen molar-refractivity contribution in [2.45, 2.75) is 13.0 Å². The van der Waals surface area contributed by atoms with Gasteiger partial charge in [0.1, 0.15) is 11.3 Å². The van der Waals surface area contributed by atoms with Crippen molar-refractivity contribution in [3.63, 3.8) is 0 Å². The van der Waals surface area contributed by atoms with Crippen molar-refractivity contribution >= 4 is 17.6 Å². The monoisotopic (exact) mass is 282 g/mol. The largest absolute Gasteiger partial charge is 0.480 e. The lowest BCUT2D eigenvalue weighted by Crippen LogP contribution is -2.38. The normalized spacial score (nSPS) is 11.7. The summed E-state index contributed by atoms with van der Waals surface area (Å²) in [5.41, 5.74) is 5.53. The molecule has 20 heavy (non-hydrogen) atoms. The molecule has 110 valence electrons. The summed E-state index contributed by atoms with van der Waals surface area (Å²) in [5.74, 6) is -1.50. The molecule has 0 aliphatic rings. The standard InChI is InChI=1S/C13H18N2O5/c1-8(12(16)15-6-7-19-2)20-10-5-3-4-9(14)11(10)13(17)18/h3-5,8H,6-7,14H2,1-2H3,(H,15,16)(H,17,18). The number of hydrogen-bond donors (Lipinski definition) is 3. The molecule has 1 unspecified atom stereocenters. The van der Waals surface area contributed by atoms with Crippen LogP contribution >= 0.6 is 0 Å². The number of hydrogen-bond acceptors (Lipinski definition) is 5. The number of ether oxygens (including phenoxy) is 2. The van der Waals surface area contributed by atoms with Crippen molar-refractivity contribution < 1.29 is 24.2 Å². The molecule has 0 heterocycles. The fraction of sp³-hybridized carbons (Fsp3) is 0.385. The minimum absolute atomic E-state index is 0.0619. The highest BCUT2D eigenvalue weighted by Gasteiger charge is 2.20. The van der Waals surface area contributed by atoms with E-state index < -0.39 is 12.1 Å². The number of carboxylic acid groups (broad SMARTS) is 1. The SMILES string of the molecule is COCCNC(=O)C(C)Oc1cccc(N)c1C(=O)O. The van der Waals surface area contributed by atoms with E-state index in [0.717, 1.165) is 0 Å². The quantitative estimate of drug-likeness (QED) is 0.496. The summed E-state index contributed by atoms with van der Waals surface area (Å²) in [6.07, 6.45) is -0.841. The highest BCUT2D eigenvalue weighted by molar-refractivity contribution is 5.97. The van der Waals surface area contributed by atoms with Gasteiger partial charge in [-0.15, -0.1) is 0 Å². The molecular weight excluding hydrogens is 264 g/mol. The number of benzene rings is 1. The fourth-order valence-corrected chi connectivity index (χ4v) is 1.54. The molecule has 7 heteroatoms. The van der Waals surface area contributed by atoms with Gasteiger partial charge in [-0.25, -0.2) is 4.79 Å². The van der Waals surface area contributed by atoms with Crippen LogP contribution < -0.4 is 15.8 Å². The number of carbonyl (C=O) groups is 2. The minimum atomic E-state index is -1.20. The number of methoxy groups -OCH3 is 1. The van der Waals surface area contributed by atoms with Crippen LogP contribution in [0, 0.1) is 0 Å². The number of nitrogen functional groups attached to an aromatic ring is 1. The zero-order chi connectivity index (χ0) is 15.1. The van der Waals surface area contributed by atoms with Crippen LogP contribution in [0.3, 0.4) is 0 Å². The smallest absolute Gasteiger partial charge is 0.341 e. The van der Waals surface area contributed by atoms with Crippen LogP contribution in [0.15, 0.2) is 18.2 Å². The topological polar surface area (TPSA) is 111 Å². The molecule has 1 rings (SSSR count). The zero-order valence-electron chi connectivity index (χ0n) is 11.4. The Morgan fingerprint density at radius 3 is 2.75 bits per heavy atom. The highest BCUT2D eigenvalue weighted by atomic mass is 16.5. The van der Waals surface area contributed by atoms with Crippen LogP contribution in [0.5, 0.6) is 5.75 Å². The maximum Gasteiger partial charge on any atom is 0.341 e. The summed E-state index contributed by atoms with van der Waals surface area (Å²) in [6, 6.07) is 4.48. The summed E-state index contributed by atoms with van der Waals surface area (Å²) >= 11 is 0. The van der Waals surface area contributed by atoms with Crippen LogP contribution in [0.25, 0.3) is 0 Å². The Labute approximate surface area is 116 Å². The van der Waals surface area contributed by atoms with Gasteiger partial charge >= 0.3 is 5.97 Å². The first kappa shape index (κ1) is 15.8. The van der Waals surface area contributed by atoms with Gasteiger partial charge < -0.3 is 25.6 Å². The molecule has 1 atom stereocenters.